The highest BCUT2D eigenvalue weighted by Gasteiger charge is 2.22. The Bertz CT molecular complexity index is 686. The predicted octanol–water partition coefficient (Wildman–Crippen LogP) is 3.77. The zero-order chi connectivity index (χ0) is 17.9. The zero-order valence-corrected chi connectivity index (χ0v) is 15.7. The van der Waals surface area contributed by atoms with Crippen LogP contribution >= 0.6 is 0 Å². The highest BCUT2D eigenvalue weighted by atomic mass is 16.5. The normalized spacial score (nSPS) is 16.1. The first kappa shape index (κ1) is 17.6. The number of nitrogens with zero attached hydrogens (tertiary/aromatic N) is 4. The van der Waals surface area contributed by atoms with Crippen molar-refractivity contribution in [2.45, 2.75) is 46.0 Å². The van der Waals surface area contributed by atoms with Gasteiger partial charge in [0.05, 0.1) is 12.3 Å². The lowest BCUT2D eigenvalue weighted by molar-refractivity contribution is 0.221. The van der Waals surface area contributed by atoms with Crippen LogP contribution < -0.4 is 9.64 Å². The molecular weight excluding hydrogens is 312 g/mol. The van der Waals surface area contributed by atoms with Gasteiger partial charge >= 0.3 is 0 Å². The van der Waals surface area contributed by atoms with Crippen LogP contribution in [0.2, 0.25) is 0 Å². The van der Waals surface area contributed by atoms with E-state index in [0.29, 0.717) is 5.92 Å². The van der Waals surface area contributed by atoms with E-state index in [2.05, 4.69) is 53.0 Å². The van der Waals surface area contributed by atoms with Gasteiger partial charge in [-0.1, -0.05) is 20.8 Å². The fourth-order valence-electron chi connectivity index (χ4n) is 3.05. The molecule has 3 rings (SSSR count). The standard InChI is InChI=1S/C20H28N4O/c1-15-13-21-10-7-17(15)25-14-16-8-11-24(12-9-16)19-6-5-18(22-23-19)20(2,3)4/h5-7,10,13,16H,8-9,11-12,14H2,1-4H3. The second-order valence-electron chi connectivity index (χ2n) is 7.91. The largest absolute Gasteiger partial charge is 0.493 e. The van der Waals surface area contributed by atoms with Crippen molar-refractivity contribution in [3.8, 4) is 5.75 Å². The van der Waals surface area contributed by atoms with Gasteiger partial charge in [-0.15, -0.1) is 5.10 Å². The summed E-state index contributed by atoms with van der Waals surface area (Å²) in [5, 5.41) is 8.84. The zero-order valence-electron chi connectivity index (χ0n) is 15.7. The Morgan fingerprint density at radius 3 is 2.48 bits per heavy atom. The molecule has 134 valence electrons. The molecule has 0 atom stereocenters. The van der Waals surface area contributed by atoms with Crippen molar-refractivity contribution in [1.82, 2.24) is 15.2 Å². The highest BCUT2D eigenvalue weighted by Crippen LogP contribution is 2.25. The van der Waals surface area contributed by atoms with Crippen LogP contribution in [-0.2, 0) is 5.41 Å². The summed E-state index contributed by atoms with van der Waals surface area (Å²) in [5.41, 5.74) is 2.17. The van der Waals surface area contributed by atoms with Crippen molar-refractivity contribution in [3.63, 3.8) is 0 Å². The molecule has 0 unspecified atom stereocenters. The van der Waals surface area contributed by atoms with E-state index in [1.165, 1.54) is 0 Å². The molecule has 0 amide bonds. The Labute approximate surface area is 150 Å². The first-order valence-corrected chi connectivity index (χ1v) is 9.06. The summed E-state index contributed by atoms with van der Waals surface area (Å²) in [6, 6.07) is 6.14. The average Bonchev–Trinajstić information content (AvgIpc) is 2.61. The molecule has 0 aromatic carbocycles. The number of ether oxygens (including phenoxy) is 1. The summed E-state index contributed by atoms with van der Waals surface area (Å²) in [4.78, 5) is 6.43. The molecule has 2 aromatic rings. The number of hydrogen-bond acceptors (Lipinski definition) is 5. The minimum Gasteiger partial charge on any atom is -0.493 e. The molecule has 3 heterocycles. The van der Waals surface area contributed by atoms with Crippen LogP contribution in [0, 0.1) is 12.8 Å². The third-order valence-corrected chi connectivity index (χ3v) is 4.80. The third-order valence-electron chi connectivity index (χ3n) is 4.80. The summed E-state index contributed by atoms with van der Waals surface area (Å²) >= 11 is 0. The number of aryl methyl sites for hydroxylation is 1. The molecule has 0 spiro atoms. The highest BCUT2D eigenvalue weighted by molar-refractivity contribution is 5.38. The molecule has 2 aromatic heterocycles. The predicted molar refractivity (Wildman–Crippen MR) is 100 cm³/mol. The van der Waals surface area contributed by atoms with E-state index in [9.17, 15) is 0 Å². The summed E-state index contributed by atoms with van der Waals surface area (Å²) in [6.45, 7) is 11.3. The molecule has 0 saturated carbocycles. The lowest BCUT2D eigenvalue weighted by Gasteiger charge is -2.32. The maximum absolute atomic E-state index is 5.98. The molecule has 0 N–H and O–H groups in total. The molecule has 25 heavy (non-hydrogen) atoms. The summed E-state index contributed by atoms with van der Waals surface area (Å²) in [5.74, 6) is 2.52. The number of aromatic nitrogens is 3. The number of anilines is 1. The molecule has 0 bridgehead atoms. The van der Waals surface area contributed by atoms with Crippen molar-refractivity contribution < 1.29 is 4.74 Å². The quantitative estimate of drug-likeness (QED) is 0.848. The van der Waals surface area contributed by atoms with E-state index < -0.39 is 0 Å². The van der Waals surface area contributed by atoms with Gasteiger partial charge in [-0.3, -0.25) is 4.98 Å². The molecule has 1 aliphatic heterocycles. The van der Waals surface area contributed by atoms with Gasteiger partial charge in [0, 0.05) is 36.5 Å². The Morgan fingerprint density at radius 1 is 1.12 bits per heavy atom. The topological polar surface area (TPSA) is 51.1 Å². The number of piperidine rings is 1. The van der Waals surface area contributed by atoms with Crippen LogP contribution in [0.3, 0.4) is 0 Å². The Morgan fingerprint density at radius 2 is 1.88 bits per heavy atom. The monoisotopic (exact) mass is 340 g/mol. The van der Waals surface area contributed by atoms with E-state index >= 15 is 0 Å². The van der Waals surface area contributed by atoms with Crippen LogP contribution in [0.5, 0.6) is 5.75 Å². The minimum absolute atomic E-state index is 0.0426. The van der Waals surface area contributed by atoms with Crippen LogP contribution in [0.1, 0.15) is 44.9 Å². The van der Waals surface area contributed by atoms with Crippen molar-refractivity contribution in [2.75, 3.05) is 24.6 Å². The first-order valence-electron chi connectivity index (χ1n) is 9.06. The van der Waals surface area contributed by atoms with Crippen LogP contribution in [0.15, 0.2) is 30.6 Å². The molecule has 5 heteroatoms. The second kappa shape index (κ2) is 7.38. The van der Waals surface area contributed by atoms with Crippen molar-refractivity contribution in [2.24, 2.45) is 5.92 Å². The van der Waals surface area contributed by atoms with Gasteiger partial charge in [0.25, 0.3) is 0 Å². The maximum atomic E-state index is 5.98. The van der Waals surface area contributed by atoms with Crippen LogP contribution in [0.4, 0.5) is 5.82 Å². The van der Waals surface area contributed by atoms with Crippen molar-refractivity contribution in [3.05, 3.63) is 41.9 Å². The molecule has 5 nitrogen and oxygen atoms in total. The molecule has 1 fully saturated rings. The van der Waals surface area contributed by atoms with Gasteiger partial charge in [-0.2, -0.15) is 5.10 Å². The summed E-state index contributed by atoms with van der Waals surface area (Å²) in [7, 11) is 0. The summed E-state index contributed by atoms with van der Waals surface area (Å²) < 4.78 is 5.98. The molecule has 0 radical (unpaired) electrons. The molecule has 0 aliphatic carbocycles. The average molecular weight is 340 g/mol. The van der Waals surface area contributed by atoms with E-state index in [4.69, 9.17) is 4.74 Å². The molecule has 1 saturated heterocycles. The number of rotatable bonds is 4. The lowest BCUT2D eigenvalue weighted by Crippen LogP contribution is -2.36. The number of hydrogen-bond donors (Lipinski definition) is 0. The minimum atomic E-state index is 0.0426. The molecule has 1 aliphatic rings. The Kier molecular flexibility index (Phi) is 5.21. The lowest BCUT2D eigenvalue weighted by atomic mass is 9.92. The summed E-state index contributed by atoms with van der Waals surface area (Å²) in [6.07, 6.45) is 5.86. The van der Waals surface area contributed by atoms with Gasteiger partial charge in [0.15, 0.2) is 5.82 Å². The third kappa shape index (κ3) is 4.47. The van der Waals surface area contributed by atoms with E-state index in [1.54, 1.807) is 6.20 Å². The van der Waals surface area contributed by atoms with E-state index in [-0.39, 0.29) is 5.41 Å². The van der Waals surface area contributed by atoms with Crippen molar-refractivity contribution >= 4 is 5.82 Å². The van der Waals surface area contributed by atoms with Crippen LogP contribution in [-0.4, -0.2) is 34.9 Å². The first-order chi connectivity index (χ1) is 11.9. The number of pyridine rings is 1. The SMILES string of the molecule is Cc1cnccc1OCC1CCN(c2ccc(C(C)(C)C)nn2)CC1. The maximum Gasteiger partial charge on any atom is 0.151 e. The van der Waals surface area contributed by atoms with E-state index in [0.717, 1.165) is 55.4 Å². The Hall–Kier alpha value is -2.17. The van der Waals surface area contributed by atoms with Gasteiger partial charge in [0.2, 0.25) is 0 Å². The van der Waals surface area contributed by atoms with Crippen molar-refractivity contribution in [1.29, 1.82) is 0 Å². The second-order valence-corrected chi connectivity index (χ2v) is 7.91. The van der Waals surface area contributed by atoms with Gasteiger partial charge < -0.3 is 9.64 Å². The fraction of sp³-hybridized carbons (Fsp3) is 0.550. The van der Waals surface area contributed by atoms with Gasteiger partial charge in [-0.25, -0.2) is 0 Å². The Balaban J connectivity index is 1.51. The van der Waals surface area contributed by atoms with E-state index in [1.807, 2.05) is 19.2 Å². The van der Waals surface area contributed by atoms with Crippen LogP contribution in [0.25, 0.3) is 0 Å². The molecular formula is C20H28N4O. The smallest absolute Gasteiger partial charge is 0.151 e. The van der Waals surface area contributed by atoms with Gasteiger partial charge in [0.1, 0.15) is 5.75 Å². The van der Waals surface area contributed by atoms with Gasteiger partial charge in [-0.05, 0) is 43.9 Å². The fourth-order valence-corrected chi connectivity index (χ4v) is 3.05.